The van der Waals surface area contributed by atoms with Crippen molar-refractivity contribution in [3.05, 3.63) is 141 Å². The van der Waals surface area contributed by atoms with E-state index in [2.05, 4.69) is 171 Å². The molecule has 0 amide bonds. The highest BCUT2D eigenvalue weighted by atomic mass is 35.7. The Balaban J connectivity index is 0. The van der Waals surface area contributed by atoms with Crippen LogP contribution in [0, 0.1) is 11.8 Å². The lowest BCUT2D eigenvalue weighted by molar-refractivity contribution is -0.0987. The monoisotopic (exact) mass is 2150 g/mol. The fraction of sp³-hybridized carbons (Fsp3) is 0.707. The number of anilines is 2. The third-order valence-electron chi connectivity index (χ3n) is 19.2. The number of aliphatic hydroxyl groups is 7. The Labute approximate surface area is 804 Å². The molecule has 0 saturated carbocycles. The van der Waals surface area contributed by atoms with Gasteiger partial charge >= 0.3 is 38.4 Å². The number of hydrogen-bond donors (Lipinski definition) is 12. The lowest BCUT2D eigenvalue weighted by Gasteiger charge is -2.39. The van der Waals surface area contributed by atoms with E-state index in [1.165, 1.54) is 126 Å². The molecule has 4 fully saturated rings. The number of aliphatic hydroxyl groups excluding tert-OH is 5. The minimum Gasteiger partial charge on any atom is -0.407 e. The van der Waals surface area contributed by atoms with Gasteiger partial charge in [-0.1, -0.05) is 88.8 Å². The number of benzene rings is 1. The number of H-pyrrole nitrogens is 2. The van der Waals surface area contributed by atoms with Gasteiger partial charge in [-0.2, -0.15) is 31.6 Å². The van der Waals surface area contributed by atoms with Gasteiger partial charge in [0.05, 0.1) is 51.1 Å². The first-order valence-electron chi connectivity index (χ1n) is 39.9. The molecule has 0 aliphatic carbocycles. The average Bonchev–Trinajstić information content (AvgIpc) is 1.61. The standard InChI is InChI=1S/C16H29N3O4Si.C15H23ClO2S.C15H26N2O4Si.C11H17N3O6.C10H14N2O6.C4H9F3O3SSi.C2H7NO.CH4O.CH4.S5.S4/c1-8-12-11(2)16(3,23-24(5,6)7)14(22-12)19-10-9-13(18-21-4)17-15(19)20;1-9(2)12-7-13(10(3)4)15(19(16,17)18)14(8-12)11(5)6;1-7-11-10(2)15(3,21-22(4,5)6)13(20-11)17-9-8-12(18)16-14(17)19;1-11(18)8(16)6(5-15)20-9(11)14-4-3-7(13-19-2)12-10(14)17;1-10(17)7(15)5(4-13)18-8(10)12-3-2-6(14)11-9(12)16;1-12(2,3)10-11(8,9)4(5,6)7;1-2-4-3;1-2;;1-3-5-4-2;1-3-4-2/h9-12,14H,8H2,1-7H3,(H,17,18,20);7-11H,1-6H3;8-11,13H,7H2,1-6H3,(H,16,18,19);3-4,6,8-9,15-16,18H,5H2,1-2H3,(H,12,13,17);2-3,5,7-8,13,15,17H,4H2,1H3,(H,11,14,16);1-3H3;2-3H2,1H3;2H,1H3;1H4;;/t11-,12+,14+,16?;;10-,11+,13+,15?;6-,8+,9-,11?;5-,7+,8-,10?;;;;;;/m0.011....../s1. The van der Waals surface area contributed by atoms with Crippen molar-refractivity contribution in [2.24, 2.45) is 17.7 Å². The summed E-state index contributed by atoms with van der Waals surface area (Å²) in [6.07, 6.45) is -0.548. The van der Waals surface area contributed by atoms with Crippen molar-refractivity contribution in [1.82, 2.24) is 38.2 Å². The maximum absolute atomic E-state index is 12.5. The van der Waals surface area contributed by atoms with Crippen LogP contribution in [0.15, 0.2) is 94.8 Å². The van der Waals surface area contributed by atoms with Crippen molar-refractivity contribution in [3.63, 3.8) is 0 Å². The highest BCUT2D eigenvalue weighted by molar-refractivity contribution is 8.59. The predicted molar refractivity (Wildman–Crippen MR) is 527 cm³/mol. The zero-order valence-corrected chi connectivity index (χ0v) is 90.3. The van der Waals surface area contributed by atoms with Crippen molar-refractivity contribution in [2.75, 3.05) is 52.1 Å². The van der Waals surface area contributed by atoms with E-state index in [9.17, 15) is 79.2 Å². The summed E-state index contributed by atoms with van der Waals surface area (Å²) >= 11 is 17.5. The first-order chi connectivity index (χ1) is 59.7. The molecule has 1 aromatic carbocycles. The van der Waals surface area contributed by atoms with Crippen molar-refractivity contribution < 1.29 is 112 Å². The average molecular weight is 2150 g/mol. The molecule has 0 radical (unpaired) electrons. The molecular formula is C75H133ClF3N11O27S11Si3. The summed E-state index contributed by atoms with van der Waals surface area (Å²) in [7, 11) is 0.278. The fourth-order valence-electron chi connectivity index (χ4n) is 13.3. The number of ether oxygens (including phenoxy) is 4. The van der Waals surface area contributed by atoms with Gasteiger partial charge in [-0.25, -0.2) is 44.5 Å². The number of hydrogen-bond acceptors (Lipinski definition) is 36. The minimum atomic E-state index is -5.39. The smallest absolute Gasteiger partial charge is 0.407 e. The molecule has 16 atom stereocenters. The molecule has 4 saturated heterocycles. The summed E-state index contributed by atoms with van der Waals surface area (Å²) in [5.74, 6) is 6.02. The second-order valence-corrected chi connectivity index (χ2v) is 59.9. The van der Waals surface area contributed by atoms with E-state index in [-0.39, 0.29) is 49.1 Å². The van der Waals surface area contributed by atoms with E-state index in [4.69, 9.17) is 58.6 Å². The highest BCUT2D eigenvalue weighted by Gasteiger charge is 2.58. The van der Waals surface area contributed by atoms with Crippen molar-refractivity contribution >= 4 is 156 Å². The molecule has 4 aliphatic rings. The van der Waals surface area contributed by atoms with Crippen LogP contribution in [0.25, 0.3) is 0 Å². The van der Waals surface area contributed by atoms with E-state index in [0.29, 0.717) is 23.2 Å². The Morgan fingerprint density at radius 2 is 0.885 bits per heavy atom. The summed E-state index contributed by atoms with van der Waals surface area (Å²) in [6, 6.07) is 9.53. The Morgan fingerprint density at radius 3 is 1.11 bits per heavy atom. The van der Waals surface area contributed by atoms with E-state index < -0.39 is 168 Å². The molecule has 56 heteroatoms. The number of nitrogens with one attached hydrogen (secondary N) is 4. The molecule has 0 bridgehead atoms. The molecule has 4 aromatic heterocycles. The fourth-order valence-corrected chi connectivity index (χ4v) is 23.9. The second-order valence-electron chi connectivity index (χ2n) is 33.5. The number of halogens is 4. The maximum atomic E-state index is 12.5. The Bertz CT molecular complexity index is 5190. The number of aromatic nitrogens is 8. The summed E-state index contributed by atoms with van der Waals surface area (Å²) in [5.41, 5.74) is -5.50. The van der Waals surface area contributed by atoms with Crippen molar-refractivity contribution in [2.45, 2.75) is 295 Å². The lowest BCUT2D eigenvalue weighted by Crippen LogP contribution is -2.50. The van der Waals surface area contributed by atoms with Crippen LogP contribution < -0.4 is 50.7 Å². The molecule has 131 heavy (non-hydrogen) atoms. The molecule has 756 valence electrons. The largest absolute Gasteiger partial charge is 0.522 e. The maximum Gasteiger partial charge on any atom is 0.522 e. The van der Waals surface area contributed by atoms with E-state index >= 15 is 0 Å². The summed E-state index contributed by atoms with van der Waals surface area (Å²) in [6.45, 7) is 45.6. The van der Waals surface area contributed by atoms with Crippen LogP contribution in [-0.4, -0.2) is 221 Å². The Morgan fingerprint density at radius 1 is 0.573 bits per heavy atom. The van der Waals surface area contributed by atoms with Gasteiger partial charge in [0.25, 0.3) is 20.2 Å². The van der Waals surface area contributed by atoms with Crippen molar-refractivity contribution in [3.8, 4) is 0 Å². The van der Waals surface area contributed by atoms with Gasteiger partial charge in [-0.05, 0) is 153 Å². The van der Waals surface area contributed by atoms with Crippen LogP contribution in [0.4, 0.5) is 24.8 Å². The Kier molecular flexibility index (Phi) is 56.5. The van der Waals surface area contributed by atoms with Gasteiger partial charge in [0.1, 0.15) is 46.8 Å². The first kappa shape index (κ1) is 129. The van der Waals surface area contributed by atoms with Crippen LogP contribution >= 0.6 is 10.7 Å². The third kappa shape index (κ3) is 38.9. The predicted octanol–water partition coefficient (Wildman–Crippen LogP) is 7.41. The topological polar surface area (TPSA) is 532 Å². The SMILES string of the molecule is C.CC(C)c1cc(C(C)C)c(S(=O)(=O)Cl)c(C(C)C)c1.CC1(O)[C@@H](O)[C@@H](CO)O[C@H]1n1ccc(=O)[nH]c1=O.CCON.CC[C@H]1O[C@@H](n2ccc(=O)[nH]c2=O)C(C)(O[Si](C)(C)C)[C@H]1C.CC[C@H]1O[C@@H](n2ccc(NOC)nc2=O)C(C)(O[Si](C)(C)C)[C@H]1C.CO.CONc1ccn([C@@H]2O[C@H](CO)[C@H](O)C2(C)O)c(=O)n1.C[Si](C)(C)OS(=O)(=O)C(F)(F)F.S=S=S=S.S=S=S=S=S. The number of rotatable bonds is 23. The Hall–Kier alpha value is -4.17. The normalized spacial score (nSPS) is 24.9. The molecule has 13 N–H and O–H groups in total. The number of alkyl halides is 3. The number of nitrogens with zero attached hydrogens (tertiary/aromatic N) is 6. The summed E-state index contributed by atoms with van der Waals surface area (Å²) in [5, 5.41) is 65.1. The van der Waals surface area contributed by atoms with Gasteiger partial charge in [-0.3, -0.25) is 47.5 Å². The molecule has 9 rings (SSSR count). The van der Waals surface area contributed by atoms with Crippen LogP contribution in [0.2, 0.25) is 58.9 Å². The van der Waals surface area contributed by atoms with Gasteiger partial charge < -0.3 is 72.3 Å². The molecule has 38 nitrogen and oxygen atoms in total. The van der Waals surface area contributed by atoms with Crippen LogP contribution in [0.5, 0.6) is 0 Å². The van der Waals surface area contributed by atoms with E-state index in [1.807, 2.05) is 65.6 Å². The molecule has 4 aliphatic heterocycles. The summed E-state index contributed by atoms with van der Waals surface area (Å²) < 4.78 is 124. The second kappa shape index (κ2) is 57.4. The third-order valence-corrected chi connectivity index (χ3v) is 32.9. The van der Waals surface area contributed by atoms with E-state index in [0.717, 1.165) is 58.0 Å². The van der Waals surface area contributed by atoms with Gasteiger partial charge in [0.15, 0.2) is 53.2 Å². The quantitative estimate of drug-likeness (QED) is 0.0131. The van der Waals surface area contributed by atoms with Crippen LogP contribution in [0.3, 0.4) is 0 Å². The van der Waals surface area contributed by atoms with Crippen LogP contribution in [0.1, 0.15) is 183 Å². The zero-order chi connectivity index (χ0) is 101. The molecule has 4 unspecified atom stereocenters. The van der Waals surface area contributed by atoms with E-state index in [1.54, 1.807) is 12.3 Å². The van der Waals surface area contributed by atoms with Crippen LogP contribution in [-0.2, 0) is 155 Å². The molecule has 0 spiro atoms. The lowest BCUT2D eigenvalue weighted by atomic mass is 9.87. The molecular weight excluding hydrogens is 2020 g/mol. The van der Waals surface area contributed by atoms with Gasteiger partial charge in [0, 0.05) is 156 Å². The van der Waals surface area contributed by atoms with Gasteiger partial charge in [-0.15, -0.1) is 0 Å². The molecule has 5 aromatic rings. The van der Waals surface area contributed by atoms with Crippen molar-refractivity contribution in [1.29, 1.82) is 0 Å². The molecule has 8 heterocycles. The zero-order valence-electron chi connectivity index (χ0n) is 77.5. The number of nitrogens with two attached hydrogens (primary N) is 1. The minimum absolute atomic E-state index is 0. The first-order valence-corrected chi connectivity index (χ1v) is 63.2. The van der Waals surface area contributed by atoms with Gasteiger partial charge in [0.2, 0.25) is 8.32 Å². The number of aromatic amines is 2. The highest BCUT2D eigenvalue weighted by Crippen LogP contribution is 2.49. The summed E-state index contributed by atoms with van der Waals surface area (Å²) in [4.78, 5) is 96.2.